The number of hydrogen-bond donors (Lipinski definition) is 1. The van der Waals surface area contributed by atoms with Gasteiger partial charge in [-0.15, -0.1) is 0 Å². The van der Waals surface area contributed by atoms with Crippen LogP contribution in [-0.2, 0) is 0 Å². The standard InChI is InChI=1S/C16H16N2/c1-13(14-8-4-2-5-9-14)18-16(12-17)15-10-6-3-7-11-15/h2-11,13,16,18H,1H3/t13-,16?/m0/s1. The zero-order valence-electron chi connectivity index (χ0n) is 10.4. The third-order valence-corrected chi connectivity index (χ3v) is 2.98. The van der Waals surface area contributed by atoms with E-state index in [-0.39, 0.29) is 12.1 Å². The fraction of sp³-hybridized carbons (Fsp3) is 0.188. The van der Waals surface area contributed by atoms with Crippen LogP contribution in [0.5, 0.6) is 0 Å². The van der Waals surface area contributed by atoms with Gasteiger partial charge in [-0.25, -0.2) is 0 Å². The molecule has 1 unspecified atom stereocenters. The Labute approximate surface area is 108 Å². The highest BCUT2D eigenvalue weighted by Gasteiger charge is 2.13. The van der Waals surface area contributed by atoms with Crippen molar-refractivity contribution in [1.29, 1.82) is 5.26 Å². The lowest BCUT2D eigenvalue weighted by molar-refractivity contribution is 0.533. The van der Waals surface area contributed by atoms with Gasteiger partial charge >= 0.3 is 0 Å². The van der Waals surface area contributed by atoms with Crippen molar-refractivity contribution in [2.75, 3.05) is 0 Å². The van der Waals surface area contributed by atoms with E-state index in [4.69, 9.17) is 0 Å². The number of nitriles is 1. The first-order valence-corrected chi connectivity index (χ1v) is 6.07. The largest absolute Gasteiger partial charge is 0.292 e. The van der Waals surface area contributed by atoms with Crippen LogP contribution in [-0.4, -0.2) is 0 Å². The van der Waals surface area contributed by atoms with Crippen molar-refractivity contribution in [3.8, 4) is 6.07 Å². The predicted octanol–water partition coefficient (Wildman–Crippen LogP) is 3.60. The molecule has 0 aliphatic rings. The molecule has 2 nitrogen and oxygen atoms in total. The lowest BCUT2D eigenvalue weighted by Crippen LogP contribution is -2.23. The van der Waals surface area contributed by atoms with Gasteiger partial charge in [0.2, 0.25) is 0 Å². The minimum atomic E-state index is -0.276. The Morgan fingerprint density at radius 2 is 1.39 bits per heavy atom. The molecule has 0 aliphatic heterocycles. The molecule has 2 heteroatoms. The normalized spacial score (nSPS) is 13.6. The lowest BCUT2D eigenvalue weighted by atomic mass is 10.0. The highest BCUT2D eigenvalue weighted by atomic mass is 14.9. The fourth-order valence-corrected chi connectivity index (χ4v) is 1.94. The molecule has 0 bridgehead atoms. The molecule has 0 aromatic heterocycles. The van der Waals surface area contributed by atoms with E-state index >= 15 is 0 Å². The smallest absolute Gasteiger partial charge is 0.121 e. The van der Waals surface area contributed by atoms with Crippen LogP contribution in [0.15, 0.2) is 60.7 Å². The Morgan fingerprint density at radius 1 is 0.889 bits per heavy atom. The van der Waals surface area contributed by atoms with Crippen LogP contribution in [0.25, 0.3) is 0 Å². The van der Waals surface area contributed by atoms with Crippen LogP contribution in [0.4, 0.5) is 0 Å². The van der Waals surface area contributed by atoms with E-state index in [1.54, 1.807) is 0 Å². The number of nitrogens with one attached hydrogen (secondary N) is 1. The topological polar surface area (TPSA) is 35.8 Å². The summed E-state index contributed by atoms with van der Waals surface area (Å²) in [5, 5.41) is 12.6. The molecule has 0 fully saturated rings. The lowest BCUT2D eigenvalue weighted by Gasteiger charge is -2.18. The zero-order valence-corrected chi connectivity index (χ0v) is 10.4. The Balaban J connectivity index is 2.11. The summed E-state index contributed by atoms with van der Waals surface area (Å²) in [6.07, 6.45) is 0. The Hall–Kier alpha value is -2.11. The minimum Gasteiger partial charge on any atom is -0.292 e. The van der Waals surface area contributed by atoms with Crippen LogP contribution in [0.3, 0.4) is 0 Å². The van der Waals surface area contributed by atoms with Crippen molar-refractivity contribution in [3.63, 3.8) is 0 Å². The molecule has 0 aliphatic carbocycles. The monoisotopic (exact) mass is 236 g/mol. The van der Waals surface area contributed by atoms with Crippen molar-refractivity contribution in [1.82, 2.24) is 5.32 Å². The van der Waals surface area contributed by atoms with Gasteiger partial charge in [0.1, 0.15) is 6.04 Å². The molecular formula is C16H16N2. The van der Waals surface area contributed by atoms with Crippen LogP contribution < -0.4 is 5.32 Å². The predicted molar refractivity (Wildman–Crippen MR) is 72.8 cm³/mol. The molecule has 0 spiro atoms. The molecule has 2 atom stereocenters. The van der Waals surface area contributed by atoms with E-state index in [9.17, 15) is 5.26 Å². The average molecular weight is 236 g/mol. The van der Waals surface area contributed by atoms with Crippen molar-refractivity contribution in [2.45, 2.75) is 19.0 Å². The van der Waals surface area contributed by atoms with E-state index in [1.165, 1.54) is 5.56 Å². The molecule has 18 heavy (non-hydrogen) atoms. The maximum Gasteiger partial charge on any atom is 0.121 e. The van der Waals surface area contributed by atoms with Crippen LogP contribution in [0.1, 0.15) is 30.1 Å². The van der Waals surface area contributed by atoms with Gasteiger partial charge < -0.3 is 0 Å². The van der Waals surface area contributed by atoms with Gasteiger partial charge in [0.25, 0.3) is 0 Å². The summed E-state index contributed by atoms with van der Waals surface area (Å²) in [4.78, 5) is 0. The second-order valence-electron chi connectivity index (χ2n) is 4.27. The van der Waals surface area contributed by atoms with Crippen molar-refractivity contribution < 1.29 is 0 Å². The summed E-state index contributed by atoms with van der Waals surface area (Å²) in [6.45, 7) is 2.07. The van der Waals surface area contributed by atoms with Crippen LogP contribution in [0.2, 0.25) is 0 Å². The second kappa shape index (κ2) is 6.00. The molecule has 0 radical (unpaired) electrons. The highest BCUT2D eigenvalue weighted by molar-refractivity contribution is 5.25. The number of benzene rings is 2. The van der Waals surface area contributed by atoms with E-state index in [1.807, 2.05) is 48.5 Å². The molecule has 2 rings (SSSR count). The molecule has 0 saturated heterocycles. The number of rotatable bonds is 4. The first kappa shape index (κ1) is 12.3. The average Bonchev–Trinajstić information content (AvgIpc) is 2.46. The van der Waals surface area contributed by atoms with E-state index < -0.39 is 0 Å². The van der Waals surface area contributed by atoms with Gasteiger partial charge in [-0.1, -0.05) is 60.7 Å². The molecule has 1 N–H and O–H groups in total. The second-order valence-corrected chi connectivity index (χ2v) is 4.27. The first-order chi connectivity index (χ1) is 8.81. The molecule has 0 amide bonds. The van der Waals surface area contributed by atoms with Gasteiger partial charge in [0.15, 0.2) is 0 Å². The Kier molecular flexibility index (Phi) is 4.11. The summed E-state index contributed by atoms with van der Waals surface area (Å²) < 4.78 is 0. The Morgan fingerprint density at radius 3 is 1.89 bits per heavy atom. The number of hydrogen-bond acceptors (Lipinski definition) is 2. The van der Waals surface area contributed by atoms with E-state index in [0.717, 1.165) is 5.56 Å². The quantitative estimate of drug-likeness (QED) is 0.880. The molecule has 90 valence electrons. The zero-order chi connectivity index (χ0) is 12.8. The summed E-state index contributed by atoms with van der Waals surface area (Å²) in [6, 6.07) is 22.1. The fourth-order valence-electron chi connectivity index (χ4n) is 1.94. The maximum absolute atomic E-state index is 9.26. The third kappa shape index (κ3) is 2.97. The summed E-state index contributed by atoms with van der Waals surface area (Å²) in [7, 11) is 0. The maximum atomic E-state index is 9.26. The van der Waals surface area contributed by atoms with Gasteiger partial charge in [-0.05, 0) is 18.1 Å². The minimum absolute atomic E-state index is 0.149. The third-order valence-electron chi connectivity index (χ3n) is 2.98. The summed E-state index contributed by atoms with van der Waals surface area (Å²) in [5.41, 5.74) is 2.19. The molecule has 0 saturated carbocycles. The van der Waals surface area contributed by atoms with Crippen molar-refractivity contribution in [2.24, 2.45) is 0 Å². The summed E-state index contributed by atoms with van der Waals surface area (Å²) in [5.74, 6) is 0. The SMILES string of the molecule is C[C@H](NC(C#N)c1ccccc1)c1ccccc1. The Bertz CT molecular complexity index is 514. The molecule has 2 aromatic rings. The number of nitrogens with zero attached hydrogens (tertiary/aromatic N) is 1. The van der Waals surface area contributed by atoms with Crippen molar-refractivity contribution >= 4 is 0 Å². The first-order valence-electron chi connectivity index (χ1n) is 6.07. The van der Waals surface area contributed by atoms with E-state index in [0.29, 0.717) is 0 Å². The van der Waals surface area contributed by atoms with Gasteiger partial charge in [-0.2, -0.15) is 5.26 Å². The van der Waals surface area contributed by atoms with Gasteiger partial charge in [-0.3, -0.25) is 5.32 Å². The van der Waals surface area contributed by atoms with Gasteiger partial charge in [0.05, 0.1) is 6.07 Å². The van der Waals surface area contributed by atoms with E-state index in [2.05, 4.69) is 30.4 Å². The van der Waals surface area contributed by atoms with Crippen LogP contribution in [0, 0.1) is 11.3 Å². The molecular weight excluding hydrogens is 220 g/mol. The van der Waals surface area contributed by atoms with Crippen molar-refractivity contribution in [3.05, 3.63) is 71.8 Å². The summed E-state index contributed by atoms with van der Waals surface area (Å²) >= 11 is 0. The van der Waals surface area contributed by atoms with Gasteiger partial charge in [0, 0.05) is 6.04 Å². The molecule has 0 heterocycles. The molecule has 2 aromatic carbocycles. The van der Waals surface area contributed by atoms with Crippen LogP contribution >= 0.6 is 0 Å². The highest BCUT2D eigenvalue weighted by Crippen LogP contribution is 2.18.